The molecule has 1 aliphatic heterocycles. The molecule has 114 valence electrons. The predicted molar refractivity (Wildman–Crippen MR) is 91.5 cm³/mol. The van der Waals surface area contributed by atoms with Crippen molar-refractivity contribution in [3.8, 4) is 0 Å². The fourth-order valence-corrected chi connectivity index (χ4v) is 2.04. The lowest BCUT2D eigenvalue weighted by atomic mass is 10.1. The summed E-state index contributed by atoms with van der Waals surface area (Å²) in [6.07, 6.45) is 0. The Bertz CT molecular complexity index is 237. The van der Waals surface area contributed by atoms with E-state index in [1.54, 1.807) is 0 Å². The molecule has 1 rings (SSSR count). The maximum atomic E-state index is 5.35. The molecule has 0 amide bonds. The Balaban J connectivity index is 0.00000324. The van der Waals surface area contributed by atoms with Crippen LogP contribution >= 0.6 is 24.0 Å². The summed E-state index contributed by atoms with van der Waals surface area (Å²) in [7, 11) is 0. The minimum absolute atomic E-state index is 0. The first kappa shape index (κ1) is 18.9. The van der Waals surface area contributed by atoms with Crippen LogP contribution in [0.5, 0.6) is 0 Å². The first-order chi connectivity index (χ1) is 8.76. The van der Waals surface area contributed by atoms with Gasteiger partial charge < -0.3 is 15.4 Å². The van der Waals surface area contributed by atoms with E-state index in [1.807, 2.05) is 0 Å². The van der Waals surface area contributed by atoms with Crippen molar-refractivity contribution in [2.45, 2.75) is 20.8 Å². The molecule has 0 aromatic rings. The molecule has 0 radical (unpaired) electrons. The normalized spacial score (nSPS) is 17.2. The van der Waals surface area contributed by atoms with Crippen LogP contribution in [0.1, 0.15) is 20.8 Å². The average molecular weight is 384 g/mol. The van der Waals surface area contributed by atoms with Gasteiger partial charge in [0.15, 0.2) is 5.96 Å². The van der Waals surface area contributed by atoms with Crippen LogP contribution in [0.4, 0.5) is 0 Å². The Labute approximate surface area is 134 Å². The number of aliphatic imine (C=N–C) groups is 1. The van der Waals surface area contributed by atoms with E-state index in [9.17, 15) is 0 Å². The molecule has 1 aliphatic rings. The number of hydrogen-bond acceptors (Lipinski definition) is 3. The summed E-state index contributed by atoms with van der Waals surface area (Å²) in [5.74, 6) is 1.50. The molecule has 1 fully saturated rings. The predicted octanol–water partition coefficient (Wildman–Crippen LogP) is 1.15. The van der Waals surface area contributed by atoms with Gasteiger partial charge in [0.05, 0.1) is 13.2 Å². The molecule has 6 heteroatoms. The Morgan fingerprint density at radius 1 is 1.21 bits per heavy atom. The van der Waals surface area contributed by atoms with Gasteiger partial charge in [-0.25, -0.2) is 0 Å². The lowest BCUT2D eigenvalue weighted by Gasteiger charge is -2.28. The largest absolute Gasteiger partial charge is 0.379 e. The first-order valence-electron chi connectivity index (χ1n) is 7.08. The van der Waals surface area contributed by atoms with Gasteiger partial charge in [-0.3, -0.25) is 9.89 Å². The minimum Gasteiger partial charge on any atom is -0.379 e. The van der Waals surface area contributed by atoms with Crippen molar-refractivity contribution in [2.24, 2.45) is 10.9 Å². The van der Waals surface area contributed by atoms with E-state index in [1.165, 1.54) is 0 Å². The molecule has 1 atom stereocenters. The Hall–Kier alpha value is -0.0800. The number of hydrogen-bond donors (Lipinski definition) is 2. The molecule has 1 unspecified atom stereocenters. The van der Waals surface area contributed by atoms with Gasteiger partial charge in [-0.15, -0.1) is 24.0 Å². The summed E-state index contributed by atoms with van der Waals surface area (Å²) in [5, 5.41) is 6.50. The van der Waals surface area contributed by atoms with Crippen LogP contribution in [0.2, 0.25) is 0 Å². The third-order valence-electron chi connectivity index (χ3n) is 2.92. The Morgan fingerprint density at radius 3 is 2.32 bits per heavy atom. The molecular formula is C13H29IN4O. The number of ether oxygens (including phenoxy) is 1. The highest BCUT2D eigenvalue weighted by atomic mass is 127. The third-order valence-corrected chi connectivity index (χ3v) is 2.92. The van der Waals surface area contributed by atoms with Gasteiger partial charge in [0.25, 0.3) is 0 Å². The second kappa shape index (κ2) is 11.7. The Morgan fingerprint density at radius 2 is 1.79 bits per heavy atom. The highest BCUT2D eigenvalue weighted by Crippen LogP contribution is 2.03. The van der Waals surface area contributed by atoms with Gasteiger partial charge in [0.1, 0.15) is 0 Å². The lowest BCUT2D eigenvalue weighted by molar-refractivity contribution is 0.0323. The maximum Gasteiger partial charge on any atom is 0.191 e. The van der Waals surface area contributed by atoms with E-state index < -0.39 is 0 Å². The molecule has 1 heterocycles. The van der Waals surface area contributed by atoms with Gasteiger partial charge >= 0.3 is 0 Å². The van der Waals surface area contributed by atoms with Crippen LogP contribution in [0, 0.1) is 5.92 Å². The van der Waals surface area contributed by atoms with Crippen molar-refractivity contribution in [1.29, 1.82) is 0 Å². The number of rotatable bonds is 6. The van der Waals surface area contributed by atoms with Crippen LogP contribution in [0.3, 0.4) is 0 Å². The summed E-state index contributed by atoms with van der Waals surface area (Å²) in [6, 6.07) is 0. The smallest absolute Gasteiger partial charge is 0.191 e. The Kier molecular flexibility index (Phi) is 11.7. The van der Waals surface area contributed by atoms with E-state index in [-0.39, 0.29) is 24.0 Å². The fraction of sp³-hybridized carbons (Fsp3) is 0.923. The van der Waals surface area contributed by atoms with Gasteiger partial charge in [-0.2, -0.15) is 0 Å². The zero-order chi connectivity index (χ0) is 13.2. The number of morpholine rings is 1. The number of guanidine groups is 1. The lowest BCUT2D eigenvalue weighted by Crippen LogP contribution is -2.40. The average Bonchev–Trinajstić information content (AvgIpc) is 2.38. The summed E-state index contributed by atoms with van der Waals surface area (Å²) in [6.45, 7) is 14.1. The van der Waals surface area contributed by atoms with E-state index in [2.05, 4.69) is 41.3 Å². The molecule has 5 nitrogen and oxygen atoms in total. The van der Waals surface area contributed by atoms with Crippen molar-refractivity contribution in [3.05, 3.63) is 0 Å². The van der Waals surface area contributed by atoms with Crippen molar-refractivity contribution in [3.63, 3.8) is 0 Å². The highest BCUT2D eigenvalue weighted by Gasteiger charge is 2.13. The minimum atomic E-state index is 0. The van der Waals surface area contributed by atoms with Crippen molar-refractivity contribution < 1.29 is 4.74 Å². The molecule has 0 aromatic carbocycles. The van der Waals surface area contributed by atoms with E-state index in [4.69, 9.17) is 4.74 Å². The van der Waals surface area contributed by atoms with Crippen molar-refractivity contribution in [1.82, 2.24) is 15.5 Å². The van der Waals surface area contributed by atoms with Crippen LogP contribution < -0.4 is 10.6 Å². The highest BCUT2D eigenvalue weighted by molar-refractivity contribution is 14.0. The van der Waals surface area contributed by atoms with E-state index in [0.717, 1.165) is 58.4 Å². The number of nitrogens with one attached hydrogen (secondary N) is 2. The van der Waals surface area contributed by atoms with Gasteiger partial charge in [-0.05, 0) is 19.8 Å². The second-order valence-electron chi connectivity index (χ2n) is 4.77. The zero-order valence-electron chi connectivity index (χ0n) is 12.4. The number of nitrogens with zero attached hydrogens (tertiary/aromatic N) is 2. The van der Waals surface area contributed by atoms with Crippen molar-refractivity contribution >= 4 is 29.9 Å². The third kappa shape index (κ3) is 8.65. The molecule has 0 aromatic heterocycles. The second-order valence-corrected chi connectivity index (χ2v) is 4.77. The summed E-state index contributed by atoms with van der Waals surface area (Å²) < 4.78 is 5.35. The van der Waals surface area contributed by atoms with Crippen LogP contribution in [-0.2, 0) is 4.74 Å². The van der Waals surface area contributed by atoms with E-state index >= 15 is 0 Å². The molecule has 1 saturated heterocycles. The van der Waals surface area contributed by atoms with Gasteiger partial charge in [0, 0.05) is 39.3 Å². The van der Waals surface area contributed by atoms with Gasteiger partial charge in [-0.1, -0.05) is 6.92 Å². The molecule has 0 spiro atoms. The first-order valence-corrected chi connectivity index (χ1v) is 7.08. The summed E-state index contributed by atoms with van der Waals surface area (Å²) >= 11 is 0. The zero-order valence-corrected chi connectivity index (χ0v) is 14.8. The topological polar surface area (TPSA) is 48.9 Å². The van der Waals surface area contributed by atoms with Crippen LogP contribution in [0.25, 0.3) is 0 Å². The molecule has 0 aliphatic carbocycles. The fourth-order valence-electron chi connectivity index (χ4n) is 2.04. The van der Waals surface area contributed by atoms with E-state index in [0.29, 0.717) is 5.92 Å². The molecule has 19 heavy (non-hydrogen) atoms. The SMILES string of the molecule is CCNC(=NCC(C)CN1CCOCC1)NCC.I. The van der Waals surface area contributed by atoms with Crippen LogP contribution in [0.15, 0.2) is 4.99 Å². The molecular weight excluding hydrogens is 355 g/mol. The van der Waals surface area contributed by atoms with Crippen LogP contribution in [-0.4, -0.2) is 63.3 Å². The number of halogens is 1. The summed E-state index contributed by atoms with van der Waals surface area (Å²) in [5.41, 5.74) is 0. The maximum absolute atomic E-state index is 5.35. The summed E-state index contributed by atoms with van der Waals surface area (Å²) in [4.78, 5) is 7.07. The standard InChI is InChI=1S/C13H28N4O.HI/c1-4-14-13(15-5-2)16-10-12(3)11-17-6-8-18-9-7-17;/h12H,4-11H2,1-3H3,(H2,14,15,16);1H. The van der Waals surface area contributed by atoms with Gasteiger partial charge in [0.2, 0.25) is 0 Å². The quantitative estimate of drug-likeness (QED) is 0.410. The molecule has 0 saturated carbocycles. The molecule has 2 N–H and O–H groups in total. The monoisotopic (exact) mass is 384 g/mol. The van der Waals surface area contributed by atoms with Crippen molar-refractivity contribution in [2.75, 3.05) is 52.5 Å². The molecule has 0 bridgehead atoms.